The molecule has 0 radical (unpaired) electrons. The average Bonchev–Trinajstić information content (AvgIpc) is 2.59. The second-order valence-electron chi connectivity index (χ2n) is 4.91. The lowest BCUT2D eigenvalue weighted by Gasteiger charge is -2.10. The molecule has 3 aromatic rings. The van der Waals surface area contributed by atoms with Gasteiger partial charge in [0.1, 0.15) is 12.4 Å². The molecule has 116 valence electrons. The fraction of sp³-hybridized carbons (Fsp3) is 0.111. The second kappa shape index (κ2) is 6.79. The number of pyridine rings is 1. The molecule has 0 spiro atoms. The van der Waals surface area contributed by atoms with Crippen molar-refractivity contribution in [3.63, 3.8) is 0 Å². The van der Waals surface area contributed by atoms with E-state index in [1.54, 1.807) is 19.4 Å². The number of rotatable bonds is 4. The van der Waals surface area contributed by atoms with E-state index >= 15 is 0 Å². The van der Waals surface area contributed by atoms with E-state index < -0.39 is 5.97 Å². The summed E-state index contributed by atoms with van der Waals surface area (Å²) in [6, 6.07) is 14.8. The average molecular weight is 372 g/mol. The molecule has 0 N–H and O–H groups in total. The van der Waals surface area contributed by atoms with Crippen molar-refractivity contribution in [3.8, 4) is 5.75 Å². The summed E-state index contributed by atoms with van der Waals surface area (Å²) in [6.45, 7) is 0.130. The summed E-state index contributed by atoms with van der Waals surface area (Å²) in [6.07, 6.45) is 1.66. The molecule has 0 fully saturated rings. The number of esters is 1. The van der Waals surface area contributed by atoms with Crippen LogP contribution in [0.3, 0.4) is 0 Å². The van der Waals surface area contributed by atoms with E-state index in [0.29, 0.717) is 16.8 Å². The van der Waals surface area contributed by atoms with Gasteiger partial charge >= 0.3 is 5.97 Å². The van der Waals surface area contributed by atoms with Gasteiger partial charge in [0.15, 0.2) is 0 Å². The minimum absolute atomic E-state index is 0.130. The zero-order valence-electron chi connectivity index (χ0n) is 12.5. The van der Waals surface area contributed by atoms with Gasteiger partial charge in [0, 0.05) is 21.6 Å². The molecular formula is C18H14BrNO3. The summed E-state index contributed by atoms with van der Waals surface area (Å²) < 4.78 is 11.6. The highest BCUT2D eigenvalue weighted by molar-refractivity contribution is 9.10. The van der Waals surface area contributed by atoms with Crippen molar-refractivity contribution >= 4 is 32.8 Å². The number of aromatic nitrogens is 1. The first-order chi connectivity index (χ1) is 11.2. The van der Waals surface area contributed by atoms with Gasteiger partial charge in [-0.1, -0.05) is 34.1 Å². The Labute approximate surface area is 142 Å². The minimum atomic E-state index is -0.406. The Morgan fingerprint density at radius 1 is 1.17 bits per heavy atom. The predicted molar refractivity (Wildman–Crippen MR) is 91.6 cm³/mol. The largest absolute Gasteiger partial charge is 0.496 e. The maximum Gasteiger partial charge on any atom is 0.340 e. The summed E-state index contributed by atoms with van der Waals surface area (Å²) in [4.78, 5) is 16.7. The van der Waals surface area contributed by atoms with Crippen molar-refractivity contribution in [3.05, 3.63) is 70.3 Å². The van der Waals surface area contributed by atoms with Gasteiger partial charge in [-0.25, -0.2) is 4.79 Å². The van der Waals surface area contributed by atoms with Crippen LogP contribution in [0.4, 0.5) is 0 Å². The maximum atomic E-state index is 12.4. The van der Waals surface area contributed by atoms with Crippen molar-refractivity contribution in [2.45, 2.75) is 6.61 Å². The van der Waals surface area contributed by atoms with Crippen molar-refractivity contribution in [1.82, 2.24) is 4.98 Å². The highest BCUT2D eigenvalue weighted by Crippen LogP contribution is 2.24. The minimum Gasteiger partial charge on any atom is -0.496 e. The number of carbonyl (C=O) groups excluding carboxylic acids is 1. The molecule has 0 aliphatic carbocycles. The number of halogens is 1. The van der Waals surface area contributed by atoms with Crippen LogP contribution >= 0.6 is 15.9 Å². The summed E-state index contributed by atoms with van der Waals surface area (Å²) in [5.74, 6) is 0.272. The van der Waals surface area contributed by atoms with E-state index in [4.69, 9.17) is 9.47 Å². The molecule has 0 atom stereocenters. The Morgan fingerprint density at radius 3 is 2.83 bits per heavy atom. The van der Waals surface area contributed by atoms with Crippen LogP contribution in [0.15, 0.2) is 59.2 Å². The van der Waals surface area contributed by atoms with Crippen LogP contribution in [0.25, 0.3) is 10.9 Å². The molecule has 0 bridgehead atoms. The molecule has 1 aromatic heterocycles. The molecule has 0 amide bonds. The number of para-hydroxylation sites is 1. The van der Waals surface area contributed by atoms with Crippen molar-refractivity contribution in [1.29, 1.82) is 0 Å². The summed E-state index contributed by atoms with van der Waals surface area (Å²) in [5.41, 5.74) is 1.89. The third-order valence-electron chi connectivity index (χ3n) is 3.45. The van der Waals surface area contributed by atoms with Crippen molar-refractivity contribution in [2.24, 2.45) is 0 Å². The van der Waals surface area contributed by atoms with Crippen LogP contribution in [-0.4, -0.2) is 18.1 Å². The first-order valence-corrected chi connectivity index (χ1v) is 7.81. The first-order valence-electron chi connectivity index (χ1n) is 7.02. The Hall–Kier alpha value is -2.40. The number of ether oxygens (including phenoxy) is 2. The SMILES string of the molecule is COc1ccc(Br)cc1COC(=O)c1cccc2cccnc12. The smallest absolute Gasteiger partial charge is 0.340 e. The van der Waals surface area contributed by atoms with E-state index in [2.05, 4.69) is 20.9 Å². The Balaban J connectivity index is 1.83. The number of benzene rings is 2. The number of fused-ring (bicyclic) bond motifs is 1. The summed E-state index contributed by atoms with van der Waals surface area (Å²) >= 11 is 3.40. The number of hydrogen-bond donors (Lipinski definition) is 0. The summed E-state index contributed by atoms with van der Waals surface area (Å²) in [7, 11) is 1.59. The van der Waals surface area contributed by atoms with Crippen LogP contribution in [0.1, 0.15) is 15.9 Å². The molecule has 0 unspecified atom stereocenters. The molecule has 5 heteroatoms. The zero-order valence-corrected chi connectivity index (χ0v) is 14.0. The molecule has 4 nitrogen and oxygen atoms in total. The molecule has 3 rings (SSSR count). The molecule has 2 aromatic carbocycles. The van der Waals surface area contributed by atoms with Crippen molar-refractivity contribution in [2.75, 3.05) is 7.11 Å². The van der Waals surface area contributed by atoms with Gasteiger partial charge in [-0.05, 0) is 30.3 Å². The van der Waals surface area contributed by atoms with Gasteiger partial charge in [0.2, 0.25) is 0 Å². The normalized spacial score (nSPS) is 10.5. The lowest BCUT2D eigenvalue weighted by Crippen LogP contribution is -2.07. The molecular weight excluding hydrogens is 358 g/mol. The van der Waals surface area contributed by atoms with Crippen LogP contribution in [0.5, 0.6) is 5.75 Å². The van der Waals surface area contributed by atoms with Crippen LogP contribution < -0.4 is 4.74 Å². The second-order valence-corrected chi connectivity index (χ2v) is 5.83. The molecule has 23 heavy (non-hydrogen) atoms. The summed E-state index contributed by atoms with van der Waals surface area (Å²) in [5, 5.41) is 0.905. The van der Waals surface area contributed by atoms with Gasteiger partial charge < -0.3 is 9.47 Å². The lowest BCUT2D eigenvalue weighted by molar-refractivity contribution is 0.0472. The molecule has 0 saturated heterocycles. The van der Waals surface area contributed by atoms with Gasteiger partial charge in [-0.2, -0.15) is 0 Å². The van der Waals surface area contributed by atoms with Gasteiger partial charge in [-0.15, -0.1) is 0 Å². The Bertz CT molecular complexity index is 859. The third kappa shape index (κ3) is 3.35. The lowest BCUT2D eigenvalue weighted by atomic mass is 10.1. The number of methoxy groups -OCH3 is 1. The monoisotopic (exact) mass is 371 g/mol. The zero-order chi connectivity index (χ0) is 16.2. The molecule has 0 aliphatic heterocycles. The van der Waals surface area contributed by atoms with Crippen LogP contribution in [-0.2, 0) is 11.3 Å². The fourth-order valence-electron chi connectivity index (χ4n) is 2.35. The van der Waals surface area contributed by atoms with E-state index in [9.17, 15) is 4.79 Å². The van der Waals surface area contributed by atoms with E-state index in [1.807, 2.05) is 42.5 Å². The van der Waals surface area contributed by atoms with E-state index in [-0.39, 0.29) is 6.61 Å². The highest BCUT2D eigenvalue weighted by Gasteiger charge is 2.13. The van der Waals surface area contributed by atoms with E-state index in [1.165, 1.54) is 0 Å². The van der Waals surface area contributed by atoms with E-state index in [0.717, 1.165) is 15.4 Å². The highest BCUT2D eigenvalue weighted by atomic mass is 79.9. The van der Waals surface area contributed by atoms with Crippen LogP contribution in [0, 0.1) is 0 Å². The van der Waals surface area contributed by atoms with Gasteiger partial charge in [-0.3, -0.25) is 4.98 Å². The number of nitrogens with zero attached hydrogens (tertiary/aromatic N) is 1. The van der Waals surface area contributed by atoms with Crippen LogP contribution in [0.2, 0.25) is 0 Å². The first kappa shape index (κ1) is 15.5. The number of hydrogen-bond acceptors (Lipinski definition) is 4. The standard InChI is InChI=1S/C18H14BrNO3/c1-22-16-8-7-14(19)10-13(16)11-23-18(21)15-6-2-4-12-5-3-9-20-17(12)15/h2-10H,11H2,1H3. The fourth-order valence-corrected chi connectivity index (χ4v) is 2.76. The van der Waals surface area contributed by atoms with Gasteiger partial charge in [0.05, 0.1) is 18.2 Å². The molecule has 0 aliphatic rings. The van der Waals surface area contributed by atoms with Crippen molar-refractivity contribution < 1.29 is 14.3 Å². The Kier molecular flexibility index (Phi) is 4.57. The predicted octanol–water partition coefficient (Wildman–Crippen LogP) is 4.36. The Morgan fingerprint density at radius 2 is 2.00 bits per heavy atom. The van der Waals surface area contributed by atoms with Gasteiger partial charge in [0.25, 0.3) is 0 Å². The quantitative estimate of drug-likeness (QED) is 0.639. The maximum absolute atomic E-state index is 12.4. The third-order valence-corrected chi connectivity index (χ3v) is 3.95. The number of carbonyl (C=O) groups is 1. The molecule has 0 saturated carbocycles. The topological polar surface area (TPSA) is 48.4 Å². The molecule has 1 heterocycles.